The number of nitrogens with zero attached hydrogens (tertiary/aromatic N) is 4. The number of carbonyl (C=O) groups is 1. The predicted molar refractivity (Wildman–Crippen MR) is 117 cm³/mol. The summed E-state index contributed by atoms with van der Waals surface area (Å²) in [6, 6.07) is 13.0. The molecule has 1 heterocycles. The molecule has 9 nitrogen and oxygen atoms in total. The molecule has 0 aliphatic carbocycles. The maximum atomic E-state index is 12.8. The first-order chi connectivity index (χ1) is 14.8. The second kappa shape index (κ2) is 9.38. The number of amides is 1. The minimum absolute atomic E-state index is 0.196. The molecule has 0 atom stereocenters. The number of carbonyl (C=O) groups excluding carboxylic acids is 1. The highest BCUT2D eigenvalue weighted by molar-refractivity contribution is 5.76. The first-order valence-electron chi connectivity index (χ1n) is 9.63. The number of ether oxygens (including phenoxy) is 2. The number of anilines is 1. The molecule has 2 aromatic carbocycles. The predicted octanol–water partition coefficient (Wildman–Crippen LogP) is 2.25. The van der Waals surface area contributed by atoms with Crippen LogP contribution in [0.25, 0.3) is 11.4 Å². The Hall–Kier alpha value is -3.75. The van der Waals surface area contributed by atoms with E-state index in [1.807, 2.05) is 43.3 Å². The van der Waals surface area contributed by atoms with Gasteiger partial charge < -0.3 is 19.3 Å². The van der Waals surface area contributed by atoms with E-state index in [1.165, 1.54) is 18.8 Å². The van der Waals surface area contributed by atoms with E-state index in [1.54, 1.807) is 30.1 Å². The second-order valence-electron chi connectivity index (χ2n) is 7.24. The molecule has 0 saturated carbocycles. The zero-order valence-corrected chi connectivity index (χ0v) is 18.3. The number of likely N-dealkylation sites (N-methyl/N-ethyl adjacent to an activating group) is 1. The average molecular weight is 426 g/mol. The molecule has 0 saturated heterocycles. The van der Waals surface area contributed by atoms with Gasteiger partial charge in [0.25, 0.3) is 0 Å². The van der Waals surface area contributed by atoms with Gasteiger partial charge in [0.2, 0.25) is 5.91 Å². The Morgan fingerprint density at radius 2 is 1.71 bits per heavy atom. The first kappa shape index (κ1) is 21.9. The van der Waals surface area contributed by atoms with Crippen LogP contribution in [0.2, 0.25) is 0 Å². The van der Waals surface area contributed by atoms with Crippen molar-refractivity contribution in [3.05, 3.63) is 58.6 Å². The second-order valence-corrected chi connectivity index (χ2v) is 7.24. The van der Waals surface area contributed by atoms with Crippen molar-refractivity contribution in [2.75, 3.05) is 40.3 Å². The van der Waals surface area contributed by atoms with Gasteiger partial charge in [-0.1, -0.05) is 17.3 Å². The Morgan fingerprint density at radius 1 is 1.03 bits per heavy atom. The quantitative estimate of drug-likeness (QED) is 0.546. The third-order valence-electron chi connectivity index (χ3n) is 4.92. The SMILES string of the molecule is COc1ccc(-c2noc(=O)n2CC(=O)N(C)Cc2ccc(N(C)C)cc2)cc1OC. The van der Waals surface area contributed by atoms with E-state index in [-0.39, 0.29) is 18.3 Å². The van der Waals surface area contributed by atoms with Gasteiger partial charge in [-0.2, -0.15) is 0 Å². The lowest BCUT2D eigenvalue weighted by atomic mass is 10.2. The minimum Gasteiger partial charge on any atom is -0.493 e. The lowest BCUT2D eigenvalue weighted by Gasteiger charge is -2.19. The van der Waals surface area contributed by atoms with E-state index in [4.69, 9.17) is 14.0 Å². The fourth-order valence-corrected chi connectivity index (χ4v) is 3.11. The average Bonchev–Trinajstić information content (AvgIpc) is 3.13. The van der Waals surface area contributed by atoms with Gasteiger partial charge in [0.15, 0.2) is 17.3 Å². The Morgan fingerprint density at radius 3 is 2.32 bits per heavy atom. The Bertz CT molecular complexity index is 1100. The lowest BCUT2D eigenvalue weighted by Crippen LogP contribution is -2.32. The highest BCUT2D eigenvalue weighted by Crippen LogP contribution is 2.31. The van der Waals surface area contributed by atoms with Gasteiger partial charge >= 0.3 is 5.76 Å². The monoisotopic (exact) mass is 426 g/mol. The largest absolute Gasteiger partial charge is 0.493 e. The molecule has 3 rings (SSSR count). The first-order valence-corrected chi connectivity index (χ1v) is 9.63. The molecule has 0 radical (unpaired) electrons. The highest BCUT2D eigenvalue weighted by atomic mass is 16.5. The zero-order chi connectivity index (χ0) is 22.5. The van der Waals surface area contributed by atoms with Crippen molar-refractivity contribution in [1.82, 2.24) is 14.6 Å². The van der Waals surface area contributed by atoms with Crippen LogP contribution in [0.3, 0.4) is 0 Å². The van der Waals surface area contributed by atoms with Crippen LogP contribution in [0.15, 0.2) is 51.8 Å². The zero-order valence-electron chi connectivity index (χ0n) is 18.3. The summed E-state index contributed by atoms with van der Waals surface area (Å²) >= 11 is 0. The van der Waals surface area contributed by atoms with E-state index in [2.05, 4.69) is 5.16 Å². The Kier molecular flexibility index (Phi) is 6.64. The van der Waals surface area contributed by atoms with Crippen molar-refractivity contribution >= 4 is 11.6 Å². The van der Waals surface area contributed by atoms with Gasteiger partial charge in [0.05, 0.1) is 14.2 Å². The molecule has 0 fully saturated rings. The van der Waals surface area contributed by atoms with Crippen LogP contribution in [0.5, 0.6) is 11.5 Å². The molecule has 0 unspecified atom stereocenters. The summed E-state index contributed by atoms with van der Waals surface area (Å²) in [5.74, 6) is 0.306. The number of hydrogen-bond donors (Lipinski definition) is 0. The van der Waals surface area contributed by atoms with Crippen LogP contribution in [0.4, 0.5) is 5.69 Å². The summed E-state index contributed by atoms with van der Waals surface area (Å²) in [7, 11) is 8.68. The smallest absolute Gasteiger partial charge is 0.442 e. The topological polar surface area (TPSA) is 90.0 Å². The summed E-state index contributed by atoms with van der Waals surface area (Å²) in [5, 5.41) is 3.84. The van der Waals surface area contributed by atoms with Gasteiger partial charge in [-0.15, -0.1) is 0 Å². The van der Waals surface area contributed by atoms with E-state index < -0.39 is 5.76 Å². The molecule has 31 heavy (non-hydrogen) atoms. The van der Waals surface area contributed by atoms with Gasteiger partial charge in [0.1, 0.15) is 6.54 Å². The van der Waals surface area contributed by atoms with Crippen LogP contribution in [0, 0.1) is 0 Å². The van der Waals surface area contributed by atoms with Crippen LogP contribution in [0.1, 0.15) is 5.56 Å². The van der Waals surface area contributed by atoms with E-state index >= 15 is 0 Å². The summed E-state index contributed by atoms with van der Waals surface area (Å²) in [5.41, 5.74) is 2.63. The fraction of sp³-hybridized carbons (Fsp3) is 0.318. The van der Waals surface area contributed by atoms with Gasteiger partial charge in [-0.05, 0) is 35.9 Å². The van der Waals surface area contributed by atoms with Crippen molar-refractivity contribution in [2.45, 2.75) is 13.1 Å². The maximum absolute atomic E-state index is 12.8. The molecule has 1 amide bonds. The standard InChI is InChI=1S/C22H26N4O5/c1-24(2)17-9-6-15(7-10-17)13-25(3)20(27)14-26-21(23-31-22(26)28)16-8-11-18(29-4)19(12-16)30-5/h6-12H,13-14H2,1-5H3. The molecule has 0 N–H and O–H groups in total. The van der Waals surface area contributed by atoms with Crippen LogP contribution in [-0.4, -0.2) is 55.9 Å². The minimum atomic E-state index is -0.707. The molecule has 0 aliphatic heterocycles. The molecular weight excluding hydrogens is 400 g/mol. The van der Waals surface area contributed by atoms with E-state index in [9.17, 15) is 9.59 Å². The van der Waals surface area contributed by atoms with Crippen LogP contribution < -0.4 is 20.1 Å². The Labute approximate surface area is 180 Å². The lowest BCUT2D eigenvalue weighted by molar-refractivity contribution is -0.131. The molecule has 0 bridgehead atoms. The van der Waals surface area contributed by atoms with Gasteiger partial charge in [-0.3, -0.25) is 9.32 Å². The van der Waals surface area contributed by atoms with E-state index in [0.717, 1.165) is 11.3 Å². The number of hydrogen-bond acceptors (Lipinski definition) is 7. The van der Waals surface area contributed by atoms with Gasteiger partial charge in [-0.25, -0.2) is 9.36 Å². The van der Waals surface area contributed by atoms with E-state index in [0.29, 0.717) is 23.6 Å². The number of aromatic nitrogens is 2. The maximum Gasteiger partial charge on any atom is 0.442 e. The van der Waals surface area contributed by atoms with Crippen molar-refractivity contribution < 1.29 is 18.8 Å². The number of benzene rings is 2. The van der Waals surface area contributed by atoms with Crippen molar-refractivity contribution in [1.29, 1.82) is 0 Å². The summed E-state index contributed by atoms with van der Waals surface area (Å²) in [6.07, 6.45) is 0. The van der Waals surface area contributed by atoms with Crippen LogP contribution in [-0.2, 0) is 17.9 Å². The Balaban J connectivity index is 1.78. The number of methoxy groups -OCH3 is 2. The molecule has 9 heteroatoms. The van der Waals surface area contributed by atoms with Crippen molar-refractivity contribution in [2.24, 2.45) is 0 Å². The summed E-state index contributed by atoms with van der Waals surface area (Å²) in [4.78, 5) is 28.6. The normalized spacial score (nSPS) is 10.6. The highest BCUT2D eigenvalue weighted by Gasteiger charge is 2.19. The molecule has 0 aliphatic rings. The third kappa shape index (κ3) is 4.88. The van der Waals surface area contributed by atoms with Gasteiger partial charge in [0, 0.05) is 38.9 Å². The van der Waals surface area contributed by atoms with Crippen molar-refractivity contribution in [3.63, 3.8) is 0 Å². The summed E-state index contributed by atoms with van der Waals surface area (Å²) in [6.45, 7) is 0.219. The summed E-state index contributed by atoms with van der Waals surface area (Å²) < 4.78 is 16.6. The van der Waals surface area contributed by atoms with Crippen LogP contribution >= 0.6 is 0 Å². The molecule has 0 spiro atoms. The van der Waals surface area contributed by atoms with Crippen molar-refractivity contribution in [3.8, 4) is 22.9 Å². The molecule has 1 aromatic heterocycles. The third-order valence-corrected chi connectivity index (χ3v) is 4.92. The number of rotatable bonds is 8. The fourth-order valence-electron chi connectivity index (χ4n) is 3.11. The molecule has 3 aromatic rings. The molecule has 164 valence electrons. The molecular formula is C22H26N4O5.